The third kappa shape index (κ3) is 1.71. The smallest absolute Gasteiger partial charge is 0.0101 e. The molecule has 2 saturated carbocycles. The van der Waals surface area contributed by atoms with Gasteiger partial charge < -0.3 is 5.73 Å². The maximum atomic E-state index is 6.40. The van der Waals surface area contributed by atoms with Crippen LogP contribution in [-0.4, -0.2) is 6.04 Å². The molecule has 0 bridgehead atoms. The number of fused-ring (bicyclic) bond motifs is 1. The second kappa shape index (κ2) is 4.22. The first-order valence-electron chi connectivity index (χ1n) is 6.55. The number of rotatable bonds is 4. The minimum atomic E-state index is 0.512. The first kappa shape index (κ1) is 10.5. The molecule has 0 saturated heterocycles. The summed E-state index contributed by atoms with van der Waals surface area (Å²) in [6.07, 6.45) is 8.42. The molecule has 0 radical (unpaired) electrons. The third-order valence-corrected chi connectivity index (χ3v) is 4.76. The van der Waals surface area contributed by atoms with Crippen molar-refractivity contribution in [3.63, 3.8) is 0 Å². The molecule has 2 N–H and O–H groups in total. The normalized spacial score (nSPS) is 38.1. The molecule has 82 valence electrons. The maximum absolute atomic E-state index is 6.40. The Bertz CT molecular complexity index is 174. The zero-order valence-electron chi connectivity index (χ0n) is 9.71. The molecule has 3 unspecified atom stereocenters. The van der Waals surface area contributed by atoms with Crippen LogP contribution in [0.5, 0.6) is 0 Å². The monoisotopic (exact) mass is 195 g/mol. The van der Waals surface area contributed by atoms with Gasteiger partial charge in [0.15, 0.2) is 0 Å². The van der Waals surface area contributed by atoms with Crippen LogP contribution in [0.4, 0.5) is 0 Å². The fourth-order valence-electron chi connectivity index (χ4n) is 3.77. The summed E-state index contributed by atoms with van der Waals surface area (Å²) in [7, 11) is 0. The molecule has 2 fully saturated rings. The van der Waals surface area contributed by atoms with Gasteiger partial charge in [0.2, 0.25) is 0 Å². The predicted octanol–water partition coefficient (Wildman–Crippen LogP) is 3.19. The standard InChI is InChI=1S/C13H25N/c1-3-9(4-2)13(14)12-10-7-5-6-8-11(10)12/h9-13H,3-8,14H2,1-2H3. The van der Waals surface area contributed by atoms with Crippen molar-refractivity contribution >= 4 is 0 Å². The van der Waals surface area contributed by atoms with E-state index in [1.54, 1.807) is 0 Å². The lowest BCUT2D eigenvalue weighted by Crippen LogP contribution is -2.32. The molecule has 14 heavy (non-hydrogen) atoms. The minimum Gasteiger partial charge on any atom is -0.327 e. The van der Waals surface area contributed by atoms with Gasteiger partial charge in [-0.3, -0.25) is 0 Å². The Balaban J connectivity index is 1.89. The van der Waals surface area contributed by atoms with E-state index in [2.05, 4.69) is 13.8 Å². The number of nitrogens with two attached hydrogens (primary N) is 1. The van der Waals surface area contributed by atoms with Crippen molar-refractivity contribution in [2.45, 2.75) is 58.4 Å². The highest BCUT2D eigenvalue weighted by atomic mass is 14.8. The highest BCUT2D eigenvalue weighted by Crippen LogP contribution is 2.57. The Kier molecular flexibility index (Phi) is 3.16. The largest absolute Gasteiger partial charge is 0.327 e. The summed E-state index contributed by atoms with van der Waals surface area (Å²) in [6.45, 7) is 4.58. The van der Waals surface area contributed by atoms with Gasteiger partial charge in [0.1, 0.15) is 0 Å². The second-order valence-corrected chi connectivity index (χ2v) is 5.34. The average Bonchev–Trinajstić information content (AvgIpc) is 2.93. The van der Waals surface area contributed by atoms with Gasteiger partial charge in [-0.15, -0.1) is 0 Å². The lowest BCUT2D eigenvalue weighted by molar-refractivity contribution is 0.345. The van der Waals surface area contributed by atoms with Crippen LogP contribution < -0.4 is 5.73 Å². The summed E-state index contributed by atoms with van der Waals surface area (Å²) in [5, 5.41) is 0. The summed E-state index contributed by atoms with van der Waals surface area (Å²) in [6, 6.07) is 0.512. The molecular formula is C13H25N. The Morgan fingerprint density at radius 2 is 1.57 bits per heavy atom. The Labute approximate surface area is 88.4 Å². The zero-order chi connectivity index (χ0) is 10.1. The molecule has 2 aliphatic rings. The van der Waals surface area contributed by atoms with Gasteiger partial charge in [0, 0.05) is 6.04 Å². The molecule has 0 aliphatic heterocycles. The summed E-state index contributed by atoms with van der Waals surface area (Å²) in [5.41, 5.74) is 6.40. The van der Waals surface area contributed by atoms with Crippen molar-refractivity contribution in [2.75, 3.05) is 0 Å². The van der Waals surface area contributed by atoms with Crippen LogP contribution in [0.3, 0.4) is 0 Å². The van der Waals surface area contributed by atoms with E-state index >= 15 is 0 Å². The molecule has 1 heteroatoms. The van der Waals surface area contributed by atoms with Crippen molar-refractivity contribution in [2.24, 2.45) is 29.4 Å². The minimum absolute atomic E-state index is 0.512. The first-order chi connectivity index (χ1) is 6.79. The van der Waals surface area contributed by atoms with E-state index in [1.807, 2.05) is 0 Å². The topological polar surface area (TPSA) is 26.0 Å². The molecular weight excluding hydrogens is 170 g/mol. The van der Waals surface area contributed by atoms with Gasteiger partial charge in [-0.25, -0.2) is 0 Å². The summed E-state index contributed by atoms with van der Waals surface area (Å²) >= 11 is 0. The van der Waals surface area contributed by atoms with Crippen LogP contribution in [0, 0.1) is 23.7 Å². The second-order valence-electron chi connectivity index (χ2n) is 5.34. The van der Waals surface area contributed by atoms with Crippen LogP contribution in [0.2, 0.25) is 0 Å². The van der Waals surface area contributed by atoms with Crippen molar-refractivity contribution in [3.8, 4) is 0 Å². The molecule has 0 aromatic heterocycles. The van der Waals surface area contributed by atoms with E-state index in [-0.39, 0.29) is 0 Å². The molecule has 2 aliphatic carbocycles. The summed E-state index contributed by atoms with van der Waals surface area (Å²) in [4.78, 5) is 0. The molecule has 0 spiro atoms. The van der Waals surface area contributed by atoms with Gasteiger partial charge in [-0.1, -0.05) is 39.5 Å². The first-order valence-corrected chi connectivity index (χ1v) is 6.55. The van der Waals surface area contributed by atoms with Crippen LogP contribution in [0.15, 0.2) is 0 Å². The lowest BCUT2D eigenvalue weighted by atomic mass is 9.90. The van der Waals surface area contributed by atoms with Gasteiger partial charge in [-0.05, 0) is 36.5 Å². The van der Waals surface area contributed by atoms with E-state index in [1.165, 1.54) is 38.5 Å². The number of hydrogen-bond acceptors (Lipinski definition) is 1. The molecule has 1 nitrogen and oxygen atoms in total. The molecule has 0 heterocycles. The van der Waals surface area contributed by atoms with Gasteiger partial charge in [-0.2, -0.15) is 0 Å². The Hall–Kier alpha value is -0.0400. The van der Waals surface area contributed by atoms with E-state index in [9.17, 15) is 0 Å². The van der Waals surface area contributed by atoms with E-state index in [0.717, 1.165) is 23.7 Å². The maximum Gasteiger partial charge on any atom is 0.0101 e. The average molecular weight is 195 g/mol. The predicted molar refractivity (Wildman–Crippen MR) is 61.0 cm³/mol. The zero-order valence-corrected chi connectivity index (χ0v) is 9.71. The van der Waals surface area contributed by atoms with E-state index < -0.39 is 0 Å². The highest BCUT2D eigenvalue weighted by Gasteiger charge is 2.53. The summed E-state index contributed by atoms with van der Waals surface area (Å²) < 4.78 is 0. The Morgan fingerprint density at radius 1 is 1.07 bits per heavy atom. The third-order valence-electron chi connectivity index (χ3n) is 4.76. The van der Waals surface area contributed by atoms with Crippen LogP contribution >= 0.6 is 0 Å². The van der Waals surface area contributed by atoms with Gasteiger partial charge in [0.05, 0.1) is 0 Å². The van der Waals surface area contributed by atoms with E-state index in [4.69, 9.17) is 5.73 Å². The van der Waals surface area contributed by atoms with Crippen molar-refractivity contribution in [3.05, 3.63) is 0 Å². The molecule has 3 atom stereocenters. The lowest BCUT2D eigenvalue weighted by Gasteiger charge is -2.21. The fourth-order valence-corrected chi connectivity index (χ4v) is 3.77. The van der Waals surface area contributed by atoms with Crippen LogP contribution in [0.25, 0.3) is 0 Å². The van der Waals surface area contributed by atoms with Crippen molar-refractivity contribution in [1.82, 2.24) is 0 Å². The number of hydrogen-bond donors (Lipinski definition) is 1. The Morgan fingerprint density at radius 3 is 2.00 bits per heavy atom. The molecule has 0 aromatic carbocycles. The van der Waals surface area contributed by atoms with Gasteiger partial charge in [0.25, 0.3) is 0 Å². The van der Waals surface area contributed by atoms with Gasteiger partial charge >= 0.3 is 0 Å². The fraction of sp³-hybridized carbons (Fsp3) is 1.00. The van der Waals surface area contributed by atoms with Crippen LogP contribution in [0.1, 0.15) is 52.4 Å². The highest BCUT2D eigenvalue weighted by molar-refractivity contribution is 5.04. The SMILES string of the molecule is CCC(CC)C(N)C1C2CCCCC21. The van der Waals surface area contributed by atoms with Crippen LogP contribution in [-0.2, 0) is 0 Å². The molecule has 2 rings (SSSR count). The van der Waals surface area contributed by atoms with Crippen molar-refractivity contribution in [1.29, 1.82) is 0 Å². The quantitative estimate of drug-likeness (QED) is 0.732. The van der Waals surface area contributed by atoms with Crippen molar-refractivity contribution < 1.29 is 0 Å². The molecule has 0 aromatic rings. The summed E-state index contributed by atoms with van der Waals surface area (Å²) in [5.74, 6) is 3.74. The van der Waals surface area contributed by atoms with E-state index in [0.29, 0.717) is 6.04 Å². The molecule has 0 amide bonds.